The van der Waals surface area contributed by atoms with Crippen molar-refractivity contribution in [3.05, 3.63) is 71.9 Å². The van der Waals surface area contributed by atoms with Gasteiger partial charge in [0, 0.05) is 23.4 Å². The number of nitrogens with two attached hydrogens (primary N) is 3. The van der Waals surface area contributed by atoms with Gasteiger partial charge in [0.2, 0.25) is 5.95 Å². The molecule has 11 nitrogen and oxygen atoms in total. The van der Waals surface area contributed by atoms with Crippen LogP contribution in [0.5, 0.6) is 0 Å². The molecule has 1 unspecified atom stereocenters. The fourth-order valence-electron chi connectivity index (χ4n) is 3.39. The third-order valence-electron chi connectivity index (χ3n) is 5.11. The van der Waals surface area contributed by atoms with Crippen molar-refractivity contribution in [2.75, 3.05) is 17.6 Å². The molecule has 0 bridgehead atoms. The Morgan fingerprint density at radius 3 is 2.76 bits per heavy atom. The number of benzene rings is 1. The number of aliphatic hydroxyl groups excluding tert-OH is 1. The van der Waals surface area contributed by atoms with E-state index in [0.717, 1.165) is 0 Å². The van der Waals surface area contributed by atoms with Gasteiger partial charge in [0.05, 0.1) is 22.3 Å². The van der Waals surface area contributed by atoms with Crippen LogP contribution in [0, 0.1) is 5.82 Å². The predicted molar refractivity (Wildman–Crippen MR) is 137 cm³/mol. The zero-order chi connectivity index (χ0) is 27.1. The highest BCUT2D eigenvalue weighted by atomic mass is 19.2. The number of nitrogens with zero attached hydrogens (tertiary/aromatic N) is 4. The van der Waals surface area contributed by atoms with Crippen LogP contribution in [0.15, 0.2) is 65.6 Å². The highest BCUT2D eigenvalue weighted by molar-refractivity contribution is 6.04. The van der Waals surface area contributed by atoms with Crippen molar-refractivity contribution >= 4 is 28.6 Å². The van der Waals surface area contributed by atoms with Crippen LogP contribution in [-0.4, -0.2) is 43.8 Å². The number of halogens is 3. The Hall–Kier alpha value is -4.40. The number of anilines is 2. The maximum absolute atomic E-state index is 15.1. The van der Waals surface area contributed by atoms with Crippen molar-refractivity contribution in [2.24, 2.45) is 16.8 Å². The topological polar surface area (TPSA) is 180 Å². The molecular weight excluding hydrogens is 489 g/mol. The van der Waals surface area contributed by atoms with E-state index in [1.54, 1.807) is 13.0 Å². The number of hydrazone groups is 1. The average Bonchev–Trinajstić information content (AvgIpc) is 3.25. The number of nitrogens with one attached hydrogen (secondary N) is 3. The zero-order valence-electron chi connectivity index (χ0n) is 20.0. The third-order valence-corrected chi connectivity index (χ3v) is 5.11. The number of allylic oxidation sites excluding steroid dienone is 4. The van der Waals surface area contributed by atoms with E-state index in [4.69, 9.17) is 17.4 Å². The van der Waals surface area contributed by atoms with Gasteiger partial charge in [-0.1, -0.05) is 19.1 Å². The lowest BCUT2D eigenvalue weighted by Crippen LogP contribution is -2.39. The minimum Gasteiger partial charge on any atom is -0.383 e. The highest BCUT2D eigenvalue weighted by Crippen LogP contribution is 2.30. The maximum Gasteiger partial charge on any atom is 0.204 e. The first-order valence-corrected chi connectivity index (χ1v) is 11.0. The van der Waals surface area contributed by atoms with Gasteiger partial charge in [-0.2, -0.15) is 5.10 Å². The Labute approximate surface area is 210 Å². The summed E-state index contributed by atoms with van der Waals surface area (Å²) >= 11 is 0. The Balaban J connectivity index is 2.05. The summed E-state index contributed by atoms with van der Waals surface area (Å²) in [6.07, 6.45) is 4.20. The lowest BCUT2D eigenvalue weighted by molar-refractivity contribution is 0.167. The van der Waals surface area contributed by atoms with Crippen molar-refractivity contribution in [1.29, 1.82) is 0 Å². The van der Waals surface area contributed by atoms with Gasteiger partial charge in [-0.15, -0.1) is 0 Å². The van der Waals surface area contributed by atoms with Crippen LogP contribution < -0.4 is 28.1 Å². The van der Waals surface area contributed by atoms with Crippen LogP contribution in [0.3, 0.4) is 0 Å². The van der Waals surface area contributed by atoms with Gasteiger partial charge >= 0.3 is 0 Å². The monoisotopic (exact) mass is 516 g/mol. The average molecular weight is 517 g/mol. The van der Waals surface area contributed by atoms with E-state index in [1.807, 2.05) is 6.92 Å². The van der Waals surface area contributed by atoms with Crippen LogP contribution in [0.25, 0.3) is 22.2 Å². The Bertz CT molecular complexity index is 1380. The third kappa shape index (κ3) is 6.06. The summed E-state index contributed by atoms with van der Waals surface area (Å²) in [6, 6.07) is 4.10. The molecule has 0 saturated carbocycles. The molecular formula is C23H27F3N10O. The van der Waals surface area contributed by atoms with E-state index in [1.165, 1.54) is 36.5 Å². The number of nitrogen functional groups attached to an aromatic ring is 1. The summed E-state index contributed by atoms with van der Waals surface area (Å²) in [5, 5.41) is 19.6. The molecule has 1 aromatic carbocycles. The molecule has 3 aromatic rings. The number of hydrogen-bond acceptors (Lipinski definition) is 9. The molecule has 0 radical (unpaired) electrons. The van der Waals surface area contributed by atoms with Crippen LogP contribution in [-0.2, 0) is 0 Å². The molecule has 0 aliphatic rings. The van der Waals surface area contributed by atoms with E-state index in [2.05, 4.69) is 30.7 Å². The lowest BCUT2D eigenvalue weighted by Gasteiger charge is -2.22. The minimum atomic E-state index is -1.29. The SMILES string of the molecule is C\C=C/C=C(\C(F)=C\F)N(N)/C(=N\N)c1cc(-c2cc3nc(NC(O)NCC)[nH]c3cc2F)cnc1N. The summed E-state index contributed by atoms with van der Waals surface area (Å²) in [7, 11) is 0. The molecule has 0 aliphatic carbocycles. The number of imidazole rings is 1. The normalized spacial score (nSPS) is 14.0. The molecule has 3 rings (SSSR count). The van der Waals surface area contributed by atoms with Crippen LogP contribution >= 0.6 is 0 Å². The van der Waals surface area contributed by atoms with E-state index < -0.39 is 23.7 Å². The zero-order valence-corrected chi connectivity index (χ0v) is 20.0. The molecule has 1 atom stereocenters. The molecule has 10 N–H and O–H groups in total. The number of pyridine rings is 1. The second kappa shape index (κ2) is 12.0. The quantitative estimate of drug-likeness (QED) is 0.0562. The van der Waals surface area contributed by atoms with Crippen molar-refractivity contribution in [2.45, 2.75) is 20.2 Å². The van der Waals surface area contributed by atoms with Gasteiger partial charge in [-0.05, 0) is 31.7 Å². The fourth-order valence-corrected chi connectivity index (χ4v) is 3.39. The van der Waals surface area contributed by atoms with E-state index in [9.17, 15) is 13.9 Å². The number of amidine groups is 1. The van der Waals surface area contributed by atoms with E-state index >= 15 is 4.39 Å². The summed E-state index contributed by atoms with van der Waals surface area (Å²) < 4.78 is 42.3. The number of fused-ring (bicyclic) bond motifs is 1. The molecule has 14 heteroatoms. The Morgan fingerprint density at radius 1 is 1.35 bits per heavy atom. The number of hydrazine groups is 1. The predicted octanol–water partition coefficient (Wildman–Crippen LogP) is 2.68. The Morgan fingerprint density at radius 2 is 2.11 bits per heavy atom. The first kappa shape index (κ1) is 27.2. The Kier molecular flexibility index (Phi) is 8.84. The highest BCUT2D eigenvalue weighted by Gasteiger charge is 2.22. The molecule has 196 valence electrons. The molecule has 37 heavy (non-hydrogen) atoms. The summed E-state index contributed by atoms with van der Waals surface area (Å²) in [4.78, 5) is 11.3. The van der Waals surface area contributed by atoms with Crippen molar-refractivity contribution < 1.29 is 18.3 Å². The largest absolute Gasteiger partial charge is 0.383 e. The first-order chi connectivity index (χ1) is 17.7. The van der Waals surface area contributed by atoms with Gasteiger partial charge in [0.1, 0.15) is 18.0 Å². The van der Waals surface area contributed by atoms with Gasteiger partial charge < -0.3 is 27.0 Å². The second-order valence-electron chi connectivity index (χ2n) is 7.55. The standard InChI is InChI=1S/C23H27F3N10O/c1-3-5-6-19(16(26)10-24)36(29)21(35-28)14-7-12(11-31-20(14)27)13-8-17-18(9-15(13)25)33-22(32-17)34-23(37)30-4-2/h3,5-11,23,30,37H,4,28-29H2,1-2H3,(H2,27,31)(H2,32,33,34)/b5-3-,16-10-,19-6+,35-21-. The molecule has 2 heterocycles. The van der Waals surface area contributed by atoms with Crippen LogP contribution in [0.4, 0.5) is 24.9 Å². The van der Waals surface area contributed by atoms with Crippen LogP contribution in [0.2, 0.25) is 0 Å². The maximum atomic E-state index is 15.1. The first-order valence-electron chi connectivity index (χ1n) is 11.0. The number of rotatable bonds is 9. The van der Waals surface area contributed by atoms with Crippen LogP contribution in [0.1, 0.15) is 19.4 Å². The van der Waals surface area contributed by atoms with E-state index in [-0.39, 0.29) is 40.6 Å². The minimum absolute atomic E-state index is 0.0400. The van der Waals surface area contributed by atoms with Crippen molar-refractivity contribution in [3.8, 4) is 11.1 Å². The lowest BCUT2D eigenvalue weighted by atomic mass is 10.0. The van der Waals surface area contributed by atoms with Crippen molar-refractivity contribution in [3.63, 3.8) is 0 Å². The number of hydrogen-bond donors (Lipinski definition) is 7. The molecule has 0 fully saturated rings. The molecule has 2 aromatic heterocycles. The number of aromatic amines is 1. The smallest absolute Gasteiger partial charge is 0.204 e. The number of aromatic nitrogens is 3. The number of H-pyrrole nitrogens is 1. The fraction of sp³-hybridized carbons (Fsp3) is 0.174. The molecule has 0 spiro atoms. The number of aliphatic hydroxyl groups is 1. The molecule has 0 amide bonds. The molecule has 0 saturated heterocycles. The second-order valence-corrected chi connectivity index (χ2v) is 7.55. The van der Waals surface area contributed by atoms with Gasteiger partial charge in [-0.25, -0.2) is 29.0 Å². The van der Waals surface area contributed by atoms with E-state index in [0.29, 0.717) is 22.6 Å². The summed E-state index contributed by atoms with van der Waals surface area (Å²) in [6.45, 7) is 4.00. The van der Waals surface area contributed by atoms with Gasteiger partial charge in [-0.3, -0.25) is 10.3 Å². The van der Waals surface area contributed by atoms with Gasteiger partial charge in [0.15, 0.2) is 18.0 Å². The van der Waals surface area contributed by atoms with Gasteiger partial charge in [0.25, 0.3) is 0 Å². The summed E-state index contributed by atoms with van der Waals surface area (Å²) in [5.41, 5.74) is 6.76. The molecule has 0 aliphatic heterocycles. The van der Waals surface area contributed by atoms with Crippen molar-refractivity contribution in [1.82, 2.24) is 25.3 Å². The summed E-state index contributed by atoms with van der Waals surface area (Å²) in [5.74, 6) is 9.49.